The van der Waals surface area contributed by atoms with Gasteiger partial charge < -0.3 is 68.2 Å². The molecule has 13 aromatic heterocycles. The molecule has 38 heteroatoms. The molecule has 2 saturated heterocycles. The van der Waals surface area contributed by atoms with E-state index in [1.165, 1.54) is 23.1 Å². The molecule has 726 valence electrons. The first kappa shape index (κ1) is 92.8. The van der Waals surface area contributed by atoms with Crippen molar-refractivity contribution in [2.24, 2.45) is 14.1 Å². The van der Waals surface area contributed by atoms with Gasteiger partial charge in [0.2, 0.25) is 0 Å². The van der Waals surface area contributed by atoms with E-state index in [-0.39, 0.29) is 30.1 Å². The summed E-state index contributed by atoms with van der Waals surface area (Å²) in [5.74, 6) is 4.97. The quantitative estimate of drug-likeness (QED) is 0.102. The summed E-state index contributed by atoms with van der Waals surface area (Å²) in [5.41, 5.74) is 28.6. The van der Waals surface area contributed by atoms with Gasteiger partial charge in [-0.25, -0.2) is 29.4 Å². The summed E-state index contributed by atoms with van der Waals surface area (Å²) in [7, 11) is 12.2. The number of nitrogens with one attached hydrogen (secondary N) is 3. The number of thiophene rings is 3. The largest absolute Gasteiger partial charge is 0.483 e. The van der Waals surface area contributed by atoms with Crippen molar-refractivity contribution in [2.75, 3.05) is 74.0 Å². The molecule has 0 bridgehead atoms. The number of halogens is 5. The zero-order valence-corrected chi connectivity index (χ0v) is 84.7. The third kappa shape index (κ3) is 17.5. The molecular weight excluding hydrogens is 1970 g/mol. The van der Waals surface area contributed by atoms with Crippen molar-refractivity contribution in [3.8, 4) is 84.8 Å². The number of ether oxygens (including phenoxy) is 5. The molecule has 0 spiro atoms. The molecule has 6 unspecified atom stereocenters. The normalized spacial score (nSPS) is 18.8. The van der Waals surface area contributed by atoms with E-state index in [1.807, 2.05) is 173 Å². The molecule has 2 amide bonds. The van der Waals surface area contributed by atoms with Crippen LogP contribution in [0.15, 0.2) is 178 Å². The maximum atomic E-state index is 13.1. The number of hydrogen-bond acceptors (Lipinski definition) is 28. The van der Waals surface area contributed by atoms with Gasteiger partial charge in [-0.15, -0.1) is 34.0 Å². The molecule has 28 rings (SSSR count). The Hall–Kier alpha value is -12.6. The first-order valence-corrected chi connectivity index (χ1v) is 52.1. The number of likely N-dealkylation sites (N-methyl/N-ethyl adjacent to an activating group) is 2. The number of hydrogen-bond donors (Lipinski definition) is 3. The topological polar surface area (TPSA) is 312 Å². The highest BCUT2D eigenvalue weighted by Crippen LogP contribution is 2.53. The summed E-state index contributed by atoms with van der Waals surface area (Å²) in [4.78, 5) is 65.1. The number of aryl methyl sites for hydroxylation is 2. The molecule has 0 aliphatic carbocycles. The molecular formula is C105H94Cl5N21O9S3. The van der Waals surface area contributed by atoms with Crippen molar-refractivity contribution in [2.45, 2.75) is 120 Å². The monoisotopic (exact) mass is 2060 g/mol. The summed E-state index contributed by atoms with van der Waals surface area (Å²) < 4.78 is 52.3. The number of likely N-dealkylation sites (tertiary alicyclic amines) is 2. The van der Waals surface area contributed by atoms with Crippen molar-refractivity contribution in [1.82, 2.24) is 105 Å². The number of aromatic nitrogens is 14. The van der Waals surface area contributed by atoms with Crippen LogP contribution in [0.2, 0.25) is 25.1 Å². The third-order valence-corrected chi connectivity index (χ3v) is 32.2. The molecule has 0 saturated carbocycles. The molecule has 0 radical (unpaired) electrons. The van der Waals surface area contributed by atoms with Crippen molar-refractivity contribution in [3.63, 3.8) is 0 Å². The number of pyridine rings is 2. The van der Waals surface area contributed by atoms with Crippen LogP contribution in [0.5, 0.6) is 28.7 Å². The molecule has 5 aromatic carbocycles. The average Bonchev–Trinajstić information content (AvgIpc) is 1.60. The second-order valence-corrected chi connectivity index (χ2v) is 42.5. The van der Waals surface area contributed by atoms with Gasteiger partial charge in [-0.2, -0.15) is 15.3 Å². The molecule has 10 aliphatic heterocycles. The fourth-order valence-electron chi connectivity index (χ4n) is 21.3. The lowest BCUT2D eigenvalue weighted by molar-refractivity contribution is -0.144. The predicted molar refractivity (Wildman–Crippen MR) is 553 cm³/mol. The van der Waals surface area contributed by atoms with Crippen LogP contribution in [0, 0.1) is 0 Å². The lowest BCUT2D eigenvalue weighted by Crippen LogP contribution is -2.61. The number of carbonyl (C=O) groups excluding carboxylic acids is 2. The standard InChI is InChI=1S/C22H22ClN3O2S.C21H18ClN5O2.C21H18ClN5OS.C21H20ClN3O2S.C20H16ClN5O2/c1-25(2)15-4-7-26(12-15)22(27)19-10-13-9-14(23)11-17(20(13)28-19)16-3-6-24-18-5-8-29-21(16)18;1-27-19(14-9-23-4-2-15(14)26-27)17-7-11-6-12(22)8-13(20(11)29-17)18-21-16(3-5-28-21)24-10-25-18;1-27-19(14-9-23-4-2-15(14)26-27)17-7-11-6-12(22)8-13(20(11)28-17)18-21-16(3-5-29-21)24-10-25-18;1-24(2)14-10-25(11-14)21(26)18-8-12-7-13(22)9-16(19(12)27-18)15-3-5-23-17-4-6-28-20(15)17;21-12-7-11-8-17(20-14-10-22-4-1-15(14)25-28-20)27-19(11)13(9-12)16-2-5-23-18-3-6-24-26(16)18/h3,5-6,8-9,11,15,19H,4,7,10,12H2,1-2H3;2*3,5-6,8,10,17,23H,2,4,7,9H2,1H3;3-7,9,14,18H,8,10-11H2,1-2H3;2-3,5-7,9,17,22H,1,4,8,10H2. The fraction of sp³-hybridized carbons (Fsp3) is 0.305. The van der Waals surface area contributed by atoms with E-state index in [1.54, 1.807) is 75.9 Å². The average molecular weight is 2070 g/mol. The van der Waals surface area contributed by atoms with Gasteiger partial charge in [0.25, 0.3) is 11.8 Å². The second kappa shape index (κ2) is 38.5. The minimum absolute atomic E-state index is 0.0624. The highest BCUT2D eigenvalue weighted by Gasteiger charge is 2.44. The number of benzene rings is 5. The van der Waals surface area contributed by atoms with E-state index in [9.17, 15) is 9.59 Å². The Labute approximate surface area is 857 Å². The molecule has 23 heterocycles. The van der Waals surface area contributed by atoms with Gasteiger partial charge in [-0.1, -0.05) is 63.2 Å². The second-order valence-electron chi connectivity index (χ2n) is 37.6. The van der Waals surface area contributed by atoms with Gasteiger partial charge in [0, 0.05) is 282 Å². The van der Waals surface area contributed by atoms with E-state index < -0.39 is 12.2 Å². The summed E-state index contributed by atoms with van der Waals surface area (Å²) in [6.45, 7) is 8.34. The zero-order chi connectivity index (χ0) is 97.3. The third-order valence-electron chi connectivity index (χ3n) is 28.3. The van der Waals surface area contributed by atoms with Gasteiger partial charge in [0.1, 0.15) is 64.8 Å². The molecule has 3 N–H and O–H groups in total. The SMILES string of the molecule is CN(C)C1CCN(C(=O)C2Cc3cc(Cl)cc(-c4ccnc5ccsc45)c3O2)C1.CN(C)C1CN(C(=O)C2Cc3cc(Cl)cc(-c4ccnc5ccsc45)c3O2)C1.Clc1cc2c(c(-c3ccnc4ccnn34)c1)OC(c1onc3c1CNCC3)C2.Cn1nc2c(c1C1Cc3cc(Cl)cc(-c4ncnc5ccoc45)c3O1)CNCC2.Cn1nc2c(c1C1Cc3cc(Cl)cc(-c4ncnc5ccsc45)c3O1)CNCC2. The van der Waals surface area contributed by atoms with Gasteiger partial charge in [0.05, 0.1) is 83.0 Å². The Morgan fingerprint density at radius 1 is 0.434 bits per heavy atom. The van der Waals surface area contributed by atoms with Crippen LogP contribution < -0.4 is 39.6 Å². The summed E-state index contributed by atoms with van der Waals surface area (Å²) in [6.07, 6.45) is 17.6. The summed E-state index contributed by atoms with van der Waals surface area (Å²) in [6, 6.07) is 35.8. The number of rotatable bonds is 12. The Morgan fingerprint density at radius 2 is 0.895 bits per heavy atom. The minimum Gasteiger partial charge on any atom is -0.483 e. The van der Waals surface area contributed by atoms with Crippen molar-refractivity contribution >= 4 is 151 Å². The van der Waals surface area contributed by atoms with E-state index in [0.29, 0.717) is 67.7 Å². The molecule has 6 atom stereocenters. The Morgan fingerprint density at radius 3 is 1.46 bits per heavy atom. The van der Waals surface area contributed by atoms with Crippen LogP contribution in [0.25, 0.3) is 103 Å². The summed E-state index contributed by atoms with van der Waals surface area (Å²) >= 11 is 37.2. The number of carbonyl (C=O) groups is 2. The maximum Gasteiger partial charge on any atom is 0.264 e. The van der Waals surface area contributed by atoms with Crippen LogP contribution in [-0.4, -0.2) is 199 Å². The Balaban J connectivity index is 0.0000000964. The van der Waals surface area contributed by atoms with Gasteiger partial charge >= 0.3 is 0 Å². The number of nitrogens with zero attached hydrogens (tertiary/aromatic N) is 18. The van der Waals surface area contributed by atoms with Crippen LogP contribution in [-0.2, 0) is 94.7 Å². The summed E-state index contributed by atoms with van der Waals surface area (Å²) in [5, 5.41) is 37.8. The van der Waals surface area contributed by atoms with E-state index in [0.717, 1.165) is 287 Å². The van der Waals surface area contributed by atoms with Gasteiger partial charge in [-0.3, -0.25) is 28.9 Å². The molecule has 10 aliphatic rings. The number of furan rings is 1. The number of fused-ring (bicyclic) bond motifs is 13. The first-order chi connectivity index (χ1) is 69.7. The molecule has 143 heavy (non-hydrogen) atoms. The van der Waals surface area contributed by atoms with E-state index in [4.69, 9.17) is 101 Å². The highest BCUT2D eigenvalue weighted by atomic mass is 35.5. The van der Waals surface area contributed by atoms with Crippen LogP contribution in [0.4, 0.5) is 0 Å². The van der Waals surface area contributed by atoms with Crippen molar-refractivity contribution < 1.29 is 42.2 Å². The smallest absolute Gasteiger partial charge is 0.264 e. The lowest BCUT2D eigenvalue weighted by Gasteiger charge is -2.43. The lowest BCUT2D eigenvalue weighted by atomic mass is 9.99. The zero-order valence-electron chi connectivity index (χ0n) is 78.5. The Bertz CT molecular complexity index is 7870. The van der Waals surface area contributed by atoms with Crippen molar-refractivity contribution in [3.05, 3.63) is 273 Å². The molecule has 30 nitrogen and oxygen atoms in total. The first-order valence-electron chi connectivity index (χ1n) is 47.5. The number of amides is 2. The molecule has 18 aromatic rings. The maximum absolute atomic E-state index is 13.1. The van der Waals surface area contributed by atoms with Crippen LogP contribution in [0.1, 0.15) is 103 Å². The fourth-order valence-corrected chi connectivity index (χ4v) is 25.1. The minimum atomic E-state index is -0.483. The van der Waals surface area contributed by atoms with Gasteiger partial charge in [0.15, 0.2) is 35.3 Å². The van der Waals surface area contributed by atoms with Crippen LogP contribution >= 0.6 is 92.0 Å². The van der Waals surface area contributed by atoms with Crippen molar-refractivity contribution in [1.29, 1.82) is 0 Å². The Kier molecular flexibility index (Phi) is 25.0. The van der Waals surface area contributed by atoms with E-state index >= 15 is 0 Å². The van der Waals surface area contributed by atoms with E-state index in [2.05, 4.69) is 85.0 Å². The highest BCUT2D eigenvalue weighted by molar-refractivity contribution is 7.18. The van der Waals surface area contributed by atoms with Crippen LogP contribution in [0.3, 0.4) is 0 Å². The molecule has 2 fully saturated rings. The van der Waals surface area contributed by atoms with Gasteiger partial charge in [-0.05, 0) is 148 Å². The predicted octanol–water partition coefficient (Wildman–Crippen LogP) is 18.8.